The molecule has 0 heterocycles. The first-order valence-electron chi connectivity index (χ1n) is 4.37. The average Bonchev–Trinajstić information content (AvgIpc) is 2.13. The minimum atomic E-state index is -1.72. The summed E-state index contributed by atoms with van der Waals surface area (Å²) in [6.07, 6.45) is -1.83. The van der Waals surface area contributed by atoms with Crippen molar-refractivity contribution in [1.82, 2.24) is 5.32 Å². The van der Waals surface area contributed by atoms with Gasteiger partial charge in [0.25, 0.3) is 0 Å². The minimum Gasteiger partial charge on any atom is -0.550 e. The number of carboxylic acid groups (broad SMARTS) is 4. The van der Waals surface area contributed by atoms with Crippen LogP contribution in [0.3, 0.4) is 0 Å². The van der Waals surface area contributed by atoms with Crippen LogP contribution in [0.1, 0.15) is 12.8 Å². The van der Waals surface area contributed by atoms with E-state index in [9.17, 15) is 24.3 Å². The molecule has 18 heavy (non-hydrogen) atoms. The number of hydrogen-bond acceptors (Lipinski definition) is 6. The molecule has 0 aromatic rings. The number of aliphatic carboxylic acids is 4. The van der Waals surface area contributed by atoms with Crippen LogP contribution in [-0.2, 0) is 19.2 Å². The van der Waals surface area contributed by atoms with Crippen LogP contribution < -0.4 is 10.4 Å². The number of hydrogen-bond donors (Lipinski definition) is 4. The molecule has 0 aromatic carbocycles. The first kappa shape index (κ1) is 19.6. The standard InChI is InChI=1S/C8H11NO8.Ce/c10-5(11)1-3(7(14)15)9-4(8(16)17)2-6(12)13;/h3-4,9H,1-2H2,(H,10,11)(H,12,13)(H,14,15)(H,16,17);/p-1. The van der Waals surface area contributed by atoms with Crippen LogP contribution in [0.15, 0.2) is 0 Å². The summed E-state index contributed by atoms with van der Waals surface area (Å²) in [6.45, 7) is 0. The molecule has 0 fully saturated rings. The molecule has 4 N–H and O–H groups in total. The number of nitrogens with one attached hydrogen (secondary N) is 1. The first-order chi connectivity index (χ1) is 7.73. The maximum Gasteiger partial charge on any atom is 0.321 e. The van der Waals surface area contributed by atoms with Gasteiger partial charge in [-0.05, 0) is 0 Å². The van der Waals surface area contributed by atoms with Crippen molar-refractivity contribution in [2.45, 2.75) is 24.9 Å². The third-order valence-corrected chi connectivity index (χ3v) is 1.75. The fourth-order valence-electron chi connectivity index (χ4n) is 1.02. The van der Waals surface area contributed by atoms with E-state index >= 15 is 0 Å². The van der Waals surface area contributed by atoms with Crippen molar-refractivity contribution in [2.24, 2.45) is 0 Å². The molecule has 0 spiro atoms. The topological polar surface area (TPSA) is 164 Å². The van der Waals surface area contributed by atoms with Crippen molar-refractivity contribution in [3.05, 3.63) is 0 Å². The smallest absolute Gasteiger partial charge is 0.321 e. The van der Waals surface area contributed by atoms with E-state index in [0.29, 0.717) is 0 Å². The van der Waals surface area contributed by atoms with Gasteiger partial charge in [0.05, 0.1) is 6.42 Å². The second-order valence-corrected chi connectivity index (χ2v) is 3.12. The SMILES string of the molecule is O=C([O-])CC(NC(CC(=O)O)C(=O)O)C(=O)O.[Ce]. The third-order valence-electron chi connectivity index (χ3n) is 1.75. The van der Waals surface area contributed by atoms with Crippen molar-refractivity contribution in [3.63, 3.8) is 0 Å². The summed E-state index contributed by atoms with van der Waals surface area (Å²) < 4.78 is 0. The zero-order valence-corrected chi connectivity index (χ0v) is 12.1. The van der Waals surface area contributed by atoms with Gasteiger partial charge in [0, 0.05) is 54.1 Å². The molecule has 2 atom stereocenters. The van der Waals surface area contributed by atoms with Gasteiger partial charge < -0.3 is 25.2 Å². The molecule has 0 aliphatic carbocycles. The van der Waals surface area contributed by atoms with E-state index in [2.05, 4.69) is 0 Å². The monoisotopic (exact) mass is 388 g/mol. The summed E-state index contributed by atoms with van der Waals surface area (Å²) in [5.41, 5.74) is 0. The average molecular weight is 388 g/mol. The molecule has 0 aliphatic heterocycles. The van der Waals surface area contributed by atoms with Gasteiger partial charge in [-0.2, -0.15) is 0 Å². The third kappa shape index (κ3) is 8.33. The molecule has 0 aliphatic rings. The first-order valence-corrected chi connectivity index (χ1v) is 4.37. The number of carbonyl (C=O) groups is 4. The maximum absolute atomic E-state index is 10.6. The Morgan fingerprint density at radius 2 is 1.33 bits per heavy atom. The van der Waals surface area contributed by atoms with E-state index in [1.807, 2.05) is 5.32 Å². The Bertz CT molecular complexity index is 312. The zero-order valence-electron chi connectivity index (χ0n) is 8.95. The van der Waals surface area contributed by atoms with Gasteiger partial charge in [-0.1, -0.05) is 0 Å². The zero-order chi connectivity index (χ0) is 13.6. The molecule has 9 nitrogen and oxygen atoms in total. The number of carbonyl (C=O) groups excluding carboxylic acids is 1. The summed E-state index contributed by atoms with van der Waals surface area (Å²) >= 11 is 0. The van der Waals surface area contributed by atoms with Gasteiger partial charge in [-0.15, -0.1) is 0 Å². The van der Waals surface area contributed by atoms with Crippen molar-refractivity contribution in [3.8, 4) is 0 Å². The molecule has 10 heteroatoms. The summed E-state index contributed by atoms with van der Waals surface area (Å²) in [7, 11) is 0. The van der Waals surface area contributed by atoms with Crippen molar-refractivity contribution < 1.29 is 81.4 Å². The molecule has 100 valence electrons. The van der Waals surface area contributed by atoms with Crippen LogP contribution in [0.25, 0.3) is 0 Å². The van der Waals surface area contributed by atoms with Crippen LogP contribution in [0, 0.1) is 41.7 Å². The molecule has 0 radical (unpaired) electrons. The molecule has 2 unspecified atom stereocenters. The Labute approximate surface area is 135 Å². The van der Waals surface area contributed by atoms with Gasteiger partial charge >= 0.3 is 17.9 Å². The predicted octanol–water partition coefficient (Wildman–Crippen LogP) is -2.90. The van der Waals surface area contributed by atoms with E-state index in [4.69, 9.17) is 15.3 Å². The van der Waals surface area contributed by atoms with Crippen LogP contribution in [0.2, 0.25) is 0 Å². The summed E-state index contributed by atoms with van der Waals surface area (Å²) in [4.78, 5) is 41.7. The van der Waals surface area contributed by atoms with Gasteiger partial charge in [-0.3, -0.25) is 19.7 Å². The Morgan fingerprint density at radius 3 is 1.61 bits per heavy atom. The Kier molecular flexibility index (Phi) is 9.98. The second-order valence-electron chi connectivity index (χ2n) is 3.12. The van der Waals surface area contributed by atoms with Crippen molar-refractivity contribution >= 4 is 23.9 Å². The minimum absolute atomic E-state index is 0. The fourth-order valence-corrected chi connectivity index (χ4v) is 1.02. The van der Waals surface area contributed by atoms with Crippen LogP contribution >= 0.6 is 0 Å². The van der Waals surface area contributed by atoms with E-state index in [0.717, 1.165) is 0 Å². The number of rotatable bonds is 8. The van der Waals surface area contributed by atoms with Gasteiger partial charge in [-0.25, -0.2) is 0 Å². The van der Waals surface area contributed by atoms with Gasteiger partial charge in [0.2, 0.25) is 0 Å². The molecular formula is C8H10CeNO8-. The molecule has 0 saturated carbocycles. The normalized spacial score (nSPS) is 12.9. The van der Waals surface area contributed by atoms with Crippen molar-refractivity contribution in [2.75, 3.05) is 0 Å². The van der Waals surface area contributed by atoms with Gasteiger partial charge in [0.1, 0.15) is 12.1 Å². The molecule has 0 saturated heterocycles. The molecular weight excluding hydrogens is 378 g/mol. The van der Waals surface area contributed by atoms with Crippen LogP contribution in [-0.4, -0.2) is 51.3 Å². The molecule has 0 amide bonds. The Balaban J connectivity index is 0. The Morgan fingerprint density at radius 1 is 0.944 bits per heavy atom. The van der Waals surface area contributed by atoms with E-state index in [1.165, 1.54) is 0 Å². The Hall–Kier alpha value is -0.783. The predicted molar refractivity (Wildman–Crippen MR) is 47.9 cm³/mol. The molecule has 0 bridgehead atoms. The quantitative estimate of drug-likeness (QED) is 0.341. The summed E-state index contributed by atoms with van der Waals surface area (Å²) in [5.74, 6) is -6.34. The maximum atomic E-state index is 10.6. The van der Waals surface area contributed by atoms with E-state index in [1.54, 1.807) is 0 Å². The number of carboxylic acids is 4. The molecule has 0 rings (SSSR count). The van der Waals surface area contributed by atoms with Crippen molar-refractivity contribution in [1.29, 1.82) is 0 Å². The summed E-state index contributed by atoms with van der Waals surface area (Å²) in [5, 5.41) is 37.7. The second kappa shape index (κ2) is 9.19. The van der Waals surface area contributed by atoms with E-state index in [-0.39, 0.29) is 41.7 Å². The van der Waals surface area contributed by atoms with Crippen LogP contribution in [0.4, 0.5) is 0 Å². The van der Waals surface area contributed by atoms with Gasteiger partial charge in [0.15, 0.2) is 0 Å². The van der Waals surface area contributed by atoms with Crippen LogP contribution in [0.5, 0.6) is 0 Å². The molecule has 0 aromatic heterocycles. The fraction of sp³-hybridized carbons (Fsp3) is 0.500. The summed E-state index contributed by atoms with van der Waals surface area (Å²) in [6, 6.07) is -3.41. The van der Waals surface area contributed by atoms with E-state index < -0.39 is 48.8 Å². The largest absolute Gasteiger partial charge is 0.550 e.